The molecule has 1 aliphatic heterocycles. The summed E-state index contributed by atoms with van der Waals surface area (Å²) in [6.45, 7) is 0. The number of benzene rings is 3. The van der Waals surface area contributed by atoms with Gasteiger partial charge in [0.2, 0.25) is 0 Å². The minimum atomic E-state index is -0.150. The third kappa shape index (κ3) is 2.27. The fraction of sp³-hybridized carbons (Fsp3) is 0.150. The number of hydrogen-bond donors (Lipinski definition) is 0. The molecule has 4 rings (SSSR count). The Morgan fingerprint density at radius 1 is 0.818 bits per heavy atom. The van der Waals surface area contributed by atoms with E-state index in [9.17, 15) is 4.79 Å². The molecule has 0 bridgehead atoms. The lowest BCUT2D eigenvalue weighted by molar-refractivity contribution is -0.134. The van der Waals surface area contributed by atoms with E-state index in [1.807, 2.05) is 30.3 Å². The molecule has 0 aliphatic carbocycles. The molecule has 0 fully saturated rings. The van der Waals surface area contributed by atoms with E-state index in [1.54, 1.807) is 0 Å². The summed E-state index contributed by atoms with van der Waals surface area (Å²) in [5.41, 5.74) is 2.33. The SMILES string of the molecule is O=C1CC(c2cccc3ccccc23)Cc2ccccc2O1. The summed E-state index contributed by atoms with van der Waals surface area (Å²) in [4.78, 5) is 12.1. The second-order valence-electron chi connectivity index (χ2n) is 5.76. The molecule has 22 heavy (non-hydrogen) atoms. The van der Waals surface area contributed by atoms with Gasteiger partial charge >= 0.3 is 5.97 Å². The number of ether oxygens (including phenoxy) is 1. The molecule has 1 unspecified atom stereocenters. The van der Waals surface area contributed by atoms with Crippen molar-refractivity contribution in [2.24, 2.45) is 0 Å². The summed E-state index contributed by atoms with van der Waals surface area (Å²) in [7, 11) is 0. The average molecular weight is 288 g/mol. The van der Waals surface area contributed by atoms with Gasteiger partial charge in [0.05, 0.1) is 6.42 Å². The predicted octanol–water partition coefficient (Wildman–Crippen LogP) is 4.48. The quantitative estimate of drug-likeness (QED) is 0.487. The van der Waals surface area contributed by atoms with Crippen molar-refractivity contribution in [3.05, 3.63) is 77.9 Å². The summed E-state index contributed by atoms with van der Waals surface area (Å²) in [6, 6.07) is 22.5. The van der Waals surface area contributed by atoms with E-state index in [1.165, 1.54) is 16.3 Å². The van der Waals surface area contributed by atoms with Gasteiger partial charge in [0, 0.05) is 0 Å². The van der Waals surface area contributed by atoms with Crippen LogP contribution in [0, 0.1) is 0 Å². The van der Waals surface area contributed by atoms with Gasteiger partial charge in [0.1, 0.15) is 5.75 Å². The summed E-state index contributed by atoms with van der Waals surface area (Å²) in [5, 5.41) is 2.44. The normalized spacial score (nSPS) is 17.6. The smallest absolute Gasteiger partial charge is 0.311 e. The lowest BCUT2D eigenvalue weighted by Gasteiger charge is -2.16. The van der Waals surface area contributed by atoms with Crippen molar-refractivity contribution in [2.75, 3.05) is 0 Å². The third-order valence-corrected chi connectivity index (χ3v) is 4.34. The molecule has 2 nitrogen and oxygen atoms in total. The zero-order valence-electron chi connectivity index (χ0n) is 12.2. The van der Waals surface area contributed by atoms with Gasteiger partial charge in [-0.15, -0.1) is 0 Å². The van der Waals surface area contributed by atoms with E-state index in [-0.39, 0.29) is 11.9 Å². The molecule has 0 spiro atoms. The number of rotatable bonds is 1. The fourth-order valence-corrected chi connectivity index (χ4v) is 3.30. The summed E-state index contributed by atoms with van der Waals surface area (Å²) in [6.07, 6.45) is 1.25. The first-order valence-electron chi connectivity index (χ1n) is 7.57. The highest BCUT2D eigenvalue weighted by atomic mass is 16.5. The van der Waals surface area contributed by atoms with Crippen molar-refractivity contribution in [1.82, 2.24) is 0 Å². The maximum absolute atomic E-state index is 12.1. The topological polar surface area (TPSA) is 26.3 Å². The second kappa shape index (κ2) is 5.30. The summed E-state index contributed by atoms with van der Waals surface area (Å²) < 4.78 is 5.48. The maximum Gasteiger partial charge on any atom is 0.311 e. The van der Waals surface area contributed by atoms with Crippen molar-refractivity contribution < 1.29 is 9.53 Å². The molecule has 1 aliphatic rings. The Morgan fingerprint density at radius 3 is 2.55 bits per heavy atom. The zero-order valence-corrected chi connectivity index (χ0v) is 12.2. The van der Waals surface area contributed by atoms with E-state index in [0.717, 1.165) is 12.0 Å². The van der Waals surface area contributed by atoms with Crippen LogP contribution in [0.15, 0.2) is 66.7 Å². The maximum atomic E-state index is 12.1. The Bertz CT molecular complexity index is 846. The van der Waals surface area contributed by atoms with Gasteiger partial charge in [0.25, 0.3) is 0 Å². The van der Waals surface area contributed by atoms with Crippen molar-refractivity contribution in [3.63, 3.8) is 0 Å². The van der Waals surface area contributed by atoms with Gasteiger partial charge < -0.3 is 4.74 Å². The molecule has 0 saturated carbocycles. The molecule has 0 N–H and O–H groups in total. The third-order valence-electron chi connectivity index (χ3n) is 4.34. The number of fused-ring (bicyclic) bond motifs is 2. The molecular formula is C20H16O2. The molecule has 0 saturated heterocycles. The first kappa shape index (κ1) is 13.1. The van der Waals surface area contributed by atoms with Gasteiger partial charge in [-0.1, -0.05) is 60.7 Å². The Kier molecular flexibility index (Phi) is 3.15. The van der Waals surface area contributed by atoms with Crippen LogP contribution >= 0.6 is 0 Å². The van der Waals surface area contributed by atoms with Crippen molar-refractivity contribution in [3.8, 4) is 5.75 Å². The molecule has 1 heterocycles. The van der Waals surface area contributed by atoms with Crippen molar-refractivity contribution in [2.45, 2.75) is 18.8 Å². The monoisotopic (exact) mass is 288 g/mol. The highest BCUT2D eigenvalue weighted by molar-refractivity contribution is 5.87. The lowest BCUT2D eigenvalue weighted by atomic mass is 9.87. The number of carbonyl (C=O) groups is 1. The minimum absolute atomic E-state index is 0.150. The molecule has 108 valence electrons. The van der Waals surface area contributed by atoms with E-state index < -0.39 is 0 Å². The van der Waals surface area contributed by atoms with Gasteiger partial charge in [-0.2, -0.15) is 0 Å². The highest BCUT2D eigenvalue weighted by Crippen LogP contribution is 2.35. The molecule has 3 aromatic rings. The molecule has 0 amide bonds. The van der Waals surface area contributed by atoms with Crippen LogP contribution in [0.4, 0.5) is 0 Å². The first-order valence-corrected chi connectivity index (χ1v) is 7.57. The largest absolute Gasteiger partial charge is 0.426 e. The number of esters is 1. The van der Waals surface area contributed by atoms with Crippen LogP contribution in [-0.4, -0.2) is 5.97 Å². The van der Waals surface area contributed by atoms with Crippen LogP contribution in [0.2, 0.25) is 0 Å². The van der Waals surface area contributed by atoms with Gasteiger partial charge in [-0.25, -0.2) is 0 Å². The van der Waals surface area contributed by atoms with Gasteiger partial charge in [-0.05, 0) is 40.3 Å². The van der Waals surface area contributed by atoms with Crippen LogP contribution in [0.25, 0.3) is 10.8 Å². The van der Waals surface area contributed by atoms with Gasteiger partial charge in [0.15, 0.2) is 0 Å². The van der Waals surface area contributed by atoms with Crippen LogP contribution in [0.1, 0.15) is 23.5 Å². The van der Waals surface area contributed by atoms with E-state index in [0.29, 0.717) is 12.2 Å². The lowest BCUT2D eigenvalue weighted by Crippen LogP contribution is -2.11. The first-order chi connectivity index (χ1) is 10.8. The van der Waals surface area contributed by atoms with Crippen LogP contribution < -0.4 is 4.74 Å². The van der Waals surface area contributed by atoms with Crippen molar-refractivity contribution >= 4 is 16.7 Å². The summed E-state index contributed by atoms with van der Waals surface area (Å²) in [5.74, 6) is 0.709. The standard InChI is InChI=1S/C20H16O2/c21-20-13-16(12-15-7-2-4-11-19(15)22-20)18-10-5-8-14-6-1-3-9-17(14)18/h1-11,16H,12-13H2. The Balaban J connectivity index is 1.83. The van der Waals surface area contributed by atoms with Gasteiger partial charge in [-0.3, -0.25) is 4.79 Å². The number of hydrogen-bond acceptors (Lipinski definition) is 2. The Hall–Kier alpha value is -2.61. The van der Waals surface area contributed by atoms with Crippen LogP contribution in [-0.2, 0) is 11.2 Å². The minimum Gasteiger partial charge on any atom is -0.426 e. The second-order valence-corrected chi connectivity index (χ2v) is 5.76. The zero-order chi connectivity index (χ0) is 14.9. The average Bonchev–Trinajstić information content (AvgIpc) is 2.72. The Morgan fingerprint density at radius 2 is 1.59 bits per heavy atom. The van der Waals surface area contributed by atoms with E-state index in [4.69, 9.17) is 4.74 Å². The molecule has 0 radical (unpaired) electrons. The summed E-state index contributed by atoms with van der Waals surface area (Å²) >= 11 is 0. The molecule has 0 aromatic heterocycles. The van der Waals surface area contributed by atoms with E-state index >= 15 is 0 Å². The number of para-hydroxylation sites is 1. The molecule has 2 heteroatoms. The molecule has 1 atom stereocenters. The Labute approximate surface area is 129 Å². The van der Waals surface area contributed by atoms with E-state index in [2.05, 4.69) is 36.4 Å². The molecule has 3 aromatic carbocycles. The number of carbonyl (C=O) groups excluding carboxylic acids is 1. The fourth-order valence-electron chi connectivity index (χ4n) is 3.30. The predicted molar refractivity (Wildman–Crippen MR) is 87.1 cm³/mol. The molecular weight excluding hydrogens is 272 g/mol. The van der Waals surface area contributed by atoms with Crippen LogP contribution in [0.3, 0.4) is 0 Å². The highest BCUT2D eigenvalue weighted by Gasteiger charge is 2.25. The van der Waals surface area contributed by atoms with Crippen LogP contribution in [0.5, 0.6) is 5.75 Å². The van der Waals surface area contributed by atoms with Crippen molar-refractivity contribution in [1.29, 1.82) is 0 Å².